The molecule has 1 saturated heterocycles. The van der Waals surface area contributed by atoms with Crippen LogP contribution in [0.15, 0.2) is 40.2 Å². The Labute approximate surface area is 123 Å². The van der Waals surface area contributed by atoms with Gasteiger partial charge in [-0.3, -0.25) is 4.79 Å². The summed E-state index contributed by atoms with van der Waals surface area (Å²) in [7, 11) is 0. The molecule has 4 heteroatoms. The van der Waals surface area contributed by atoms with Gasteiger partial charge in [0.25, 0.3) is 5.91 Å². The Bertz CT molecular complexity index is 557. The first kappa shape index (κ1) is 13.4. The lowest BCUT2D eigenvalue weighted by atomic mass is 10.00. The molecule has 1 aromatic carbocycles. The van der Waals surface area contributed by atoms with Gasteiger partial charge in [-0.2, -0.15) is 4.99 Å². The number of piperidine rings is 1. The third kappa shape index (κ3) is 2.96. The van der Waals surface area contributed by atoms with E-state index in [-0.39, 0.29) is 5.91 Å². The maximum absolute atomic E-state index is 12.0. The van der Waals surface area contributed by atoms with Gasteiger partial charge in [-0.15, -0.1) is 0 Å². The third-order valence-corrected chi connectivity index (χ3v) is 4.81. The van der Waals surface area contributed by atoms with E-state index in [0.717, 1.165) is 34.6 Å². The SMILES string of the molecule is CC1CCN(C2=NC(=O)/C(=C\c3ccccc3)S2)CC1. The van der Waals surface area contributed by atoms with Crippen molar-refractivity contribution >= 4 is 28.9 Å². The number of aliphatic imine (C=N–C) groups is 1. The molecule has 2 heterocycles. The number of thioether (sulfide) groups is 1. The molecule has 0 radical (unpaired) electrons. The van der Waals surface area contributed by atoms with Crippen LogP contribution in [0.1, 0.15) is 25.3 Å². The average Bonchev–Trinajstić information content (AvgIpc) is 2.82. The van der Waals surface area contributed by atoms with Crippen molar-refractivity contribution < 1.29 is 4.79 Å². The number of hydrogen-bond acceptors (Lipinski definition) is 3. The van der Waals surface area contributed by atoms with Crippen LogP contribution in [0.2, 0.25) is 0 Å². The second kappa shape index (κ2) is 5.83. The summed E-state index contributed by atoms with van der Waals surface area (Å²) in [6.45, 7) is 4.31. The normalized spacial score (nSPS) is 22.4. The highest BCUT2D eigenvalue weighted by atomic mass is 32.2. The molecule has 0 unspecified atom stereocenters. The highest BCUT2D eigenvalue weighted by Gasteiger charge is 2.27. The van der Waals surface area contributed by atoms with Crippen LogP contribution in [0, 0.1) is 5.92 Å². The monoisotopic (exact) mass is 286 g/mol. The van der Waals surface area contributed by atoms with E-state index in [4.69, 9.17) is 0 Å². The molecule has 0 N–H and O–H groups in total. The lowest BCUT2D eigenvalue weighted by Gasteiger charge is -2.30. The maximum Gasteiger partial charge on any atom is 0.286 e. The second-order valence-corrected chi connectivity index (χ2v) is 6.40. The zero-order valence-electron chi connectivity index (χ0n) is 11.6. The Balaban J connectivity index is 1.71. The van der Waals surface area contributed by atoms with Gasteiger partial charge in [0.05, 0.1) is 4.91 Å². The molecule has 0 atom stereocenters. The number of likely N-dealkylation sites (tertiary alicyclic amines) is 1. The summed E-state index contributed by atoms with van der Waals surface area (Å²) in [5, 5.41) is 0.879. The third-order valence-electron chi connectivity index (χ3n) is 3.76. The highest BCUT2D eigenvalue weighted by Crippen LogP contribution is 2.31. The summed E-state index contributed by atoms with van der Waals surface area (Å²) in [4.78, 5) is 19.2. The number of benzene rings is 1. The summed E-state index contributed by atoms with van der Waals surface area (Å²) >= 11 is 1.51. The molecule has 1 aromatic rings. The predicted molar refractivity (Wildman–Crippen MR) is 84.4 cm³/mol. The van der Waals surface area contributed by atoms with E-state index >= 15 is 0 Å². The van der Waals surface area contributed by atoms with Gasteiger partial charge in [-0.25, -0.2) is 0 Å². The van der Waals surface area contributed by atoms with E-state index in [1.165, 1.54) is 24.6 Å². The molecule has 20 heavy (non-hydrogen) atoms. The molecule has 104 valence electrons. The van der Waals surface area contributed by atoms with Crippen molar-refractivity contribution in [2.75, 3.05) is 13.1 Å². The number of carbonyl (C=O) groups excluding carboxylic acids is 1. The fraction of sp³-hybridized carbons (Fsp3) is 0.375. The van der Waals surface area contributed by atoms with Gasteiger partial charge < -0.3 is 4.90 Å². The van der Waals surface area contributed by atoms with Crippen LogP contribution in [-0.4, -0.2) is 29.1 Å². The summed E-state index contributed by atoms with van der Waals surface area (Å²) in [6.07, 6.45) is 4.30. The minimum atomic E-state index is -0.104. The van der Waals surface area contributed by atoms with E-state index < -0.39 is 0 Å². The Morgan fingerprint density at radius 2 is 1.95 bits per heavy atom. The van der Waals surface area contributed by atoms with Crippen molar-refractivity contribution in [2.24, 2.45) is 10.9 Å². The van der Waals surface area contributed by atoms with Gasteiger partial charge in [0.15, 0.2) is 5.17 Å². The quantitative estimate of drug-likeness (QED) is 0.742. The zero-order chi connectivity index (χ0) is 13.9. The van der Waals surface area contributed by atoms with Gasteiger partial charge in [0, 0.05) is 13.1 Å². The Morgan fingerprint density at radius 3 is 2.65 bits per heavy atom. The smallest absolute Gasteiger partial charge is 0.286 e. The average molecular weight is 286 g/mol. The maximum atomic E-state index is 12.0. The lowest BCUT2D eigenvalue weighted by molar-refractivity contribution is -0.113. The summed E-state index contributed by atoms with van der Waals surface area (Å²) in [6, 6.07) is 9.93. The minimum absolute atomic E-state index is 0.104. The molecule has 0 saturated carbocycles. The van der Waals surface area contributed by atoms with E-state index in [9.17, 15) is 4.79 Å². The summed E-state index contributed by atoms with van der Waals surface area (Å²) < 4.78 is 0. The highest BCUT2D eigenvalue weighted by molar-refractivity contribution is 8.18. The molecule has 3 rings (SSSR count). The zero-order valence-corrected chi connectivity index (χ0v) is 12.4. The molecule has 2 aliphatic heterocycles. The van der Waals surface area contributed by atoms with Crippen LogP contribution in [0.5, 0.6) is 0 Å². The molecule has 1 amide bonds. The molecule has 0 aliphatic carbocycles. The number of rotatable bonds is 1. The van der Waals surface area contributed by atoms with E-state index in [0.29, 0.717) is 0 Å². The Kier molecular flexibility index (Phi) is 3.92. The first-order chi connectivity index (χ1) is 9.72. The number of hydrogen-bond donors (Lipinski definition) is 0. The van der Waals surface area contributed by atoms with Crippen molar-refractivity contribution in [1.82, 2.24) is 4.90 Å². The molecular formula is C16H18N2OS. The fourth-order valence-corrected chi connectivity index (χ4v) is 3.40. The topological polar surface area (TPSA) is 32.7 Å². The molecule has 2 aliphatic rings. The first-order valence-electron chi connectivity index (χ1n) is 7.05. The molecule has 1 fully saturated rings. The molecule has 3 nitrogen and oxygen atoms in total. The van der Waals surface area contributed by atoms with Crippen molar-refractivity contribution in [3.63, 3.8) is 0 Å². The van der Waals surface area contributed by atoms with Gasteiger partial charge in [0.2, 0.25) is 0 Å². The summed E-state index contributed by atoms with van der Waals surface area (Å²) in [5.41, 5.74) is 1.05. The van der Waals surface area contributed by atoms with Gasteiger partial charge >= 0.3 is 0 Å². The molecule has 0 bridgehead atoms. The summed E-state index contributed by atoms with van der Waals surface area (Å²) in [5.74, 6) is 0.681. The van der Waals surface area contributed by atoms with Crippen molar-refractivity contribution in [3.05, 3.63) is 40.8 Å². The van der Waals surface area contributed by atoms with E-state index in [2.05, 4.69) is 16.8 Å². The fourth-order valence-electron chi connectivity index (χ4n) is 2.43. The molecule has 0 aromatic heterocycles. The second-order valence-electron chi connectivity index (χ2n) is 5.39. The van der Waals surface area contributed by atoms with Gasteiger partial charge in [0.1, 0.15) is 0 Å². The van der Waals surface area contributed by atoms with Crippen molar-refractivity contribution in [2.45, 2.75) is 19.8 Å². The van der Waals surface area contributed by atoms with Crippen LogP contribution in [0.4, 0.5) is 0 Å². The van der Waals surface area contributed by atoms with Crippen LogP contribution < -0.4 is 0 Å². The van der Waals surface area contributed by atoms with Crippen LogP contribution in [0.25, 0.3) is 6.08 Å². The number of nitrogens with zero attached hydrogens (tertiary/aromatic N) is 2. The Hall–Kier alpha value is -1.55. The van der Waals surface area contributed by atoms with Crippen molar-refractivity contribution in [1.29, 1.82) is 0 Å². The molecule has 0 spiro atoms. The van der Waals surface area contributed by atoms with Crippen LogP contribution in [-0.2, 0) is 4.79 Å². The number of amides is 1. The van der Waals surface area contributed by atoms with Crippen molar-refractivity contribution in [3.8, 4) is 0 Å². The van der Waals surface area contributed by atoms with Gasteiger partial charge in [-0.1, -0.05) is 37.3 Å². The van der Waals surface area contributed by atoms with Gasteiger partial charge in [-0.05, 0) is 42.2 Å². The van der Waals surface area contributed by atoms with E-state index in [1.54, 1.807) is 0 Å². The largest absolute Gasteiger partial charge is 0.351 e. The predicted octanol–water partition coefficient (Wildman–Crippen LogP) is 3.39. The first-order valence-corrected chi connectivity index (χ1v) is 7.86. The number of carbonyl (C=O) groups is 1. The molecular weight excluding hydrogens is 268 g/mol. The number of amidine groups is 1. The minimum Gasteiger partial charge on any atom is -0.351 e. The standard InChI is InChI=1S/C16H18N2OS/c1-12-7-9-18(10-8-12)16-17-15(19)14(20-16)11-13-5-3-2-4-6-13/h2-6,11-12H,7-10H2,1H3/b14-11+. The van der Waals surface area contributed by atoms with Crippen LogP contribution >= 0.6 is 11.8 Å². The van der Waals surface area contributed by atoms with E-state index in [1.807, 2.05) is 36.4 Å². The Morgan fingerprint density at radius 1 is 1.25 bits per heavy atom. The van der Waals surface area contributed by atoms with Crippen LogP contribution in [0.3, 0.4) is 0 Å². The lowest BCUT2D eigenvalue weighted by Crippen LogP contribution is -2.35.